The molecule has 6 rings (SSSR count). The molecule has 1 heterocycles. The lowest BCUT2D eigenvalue weighted by molar-refractivity contribution is -0.136. The van der Waals surface area contributed by atoms with Gasteiger partial charge in [0.2, 0.25) is 0 Å². The third kappa shape index (κ3) is 6.13. The highest BCUT2D eigenvalue weighted by atomic mass is 19.4. The van der Waals surface area contributed by atoms with Gasteiger partial charge in [0.05, 0.1) is 11.1 Å². The van der Waals surface area contributed by atoms with E-state index in [1.54, 1.807) is 12.3 Å². The molecule has 42 heavy (non-hydrogen) atoms. The number of para-hydroxylation sites is 2. The molecular formula is C36H27F3N2O. The summed E-state index contributed by atoms with van der Waals surface area (Å²) in [5.41, 5.74) is 4.57. The van der Waals surface area contributed by atoms with Gasteiger partial charge in [-0.15, -0.1) is 0 Å². The summed E-state index contributed by atoms with van der Waals surface area (Å²) in [5.74, 6) is 1.50. The fraction of sp³-hybridized carbons (Fsp3) is 0.0833. The second-order valence-electron chi connectivity index (χ2n) is 10.0. The number of alkyl halides is 3. The number of anilines is 1. The van der Waals surface area contributed by atoms with Crippen molar-refractivity contribution in [3.8, 4) is 22.6 Å². The molecular weight excluding hydrogens is 533 g/mol. The SMILES string of the molecule is FC(F)(F)c1cccc2c(-c3cccc(NCc4cccc(Oc5ccccc5)c4)c3)c(Cc3ccccc3)cnc12. The minimum absolute atomic E-state index is 0.0506. The first-order valence-corrected chi connectivity index (χ1v) is 13.6. The van der Waals surface area contributed by atoms with Crippen molar-refractivity contribution >= 4 is 16.6 Å². The Balaban J connectivity index is 1.33. The third-order valence-corrected chi connectivity index (χ3v) is 7.04. The summed E-state index contributed by atoms with van der Waals surface area (Å²) >= 11 is 0. The maximum atomic E-state index is 13.9. The predicted octanol–water partition coefficient (Wildman–Crippen LogP) is 9.92. The summed E-state index contributed by atoms with van der Waals surface area (Å²) in [4.78, 5) is 4.32. The average molecular weight is 561 g/mol. The van der Waals surface area contributed by atoms with Crippen LogP contribution in [0.5, 0.6) is 11.5 Å². The molecule has 0 atom stereocenters. The van der Waals surface area contributed by atoms with E-state index in [9.17, 15) is 13.2 Å². The Labute approximate surface area is 242 Å². The molecule has 0 bridgehead atoms. The lowest BCUT2D eigenvalue weighted by Crippen LogP contribution is -2.07. The monoisotopic (exact) mass is 560 g/mol. The molecule has 0 saturated heterocycles. The van der Waals surface area contributed by atoms with E-state index in [2.05, 4.69) is 10.3 Å². The van der Waals surface area contributed by atoms with Crippen molar-refractivity contribution in [3.63, 3.8) is 0 Å². The molecule has 0 aliphatic heterocycles. The van der Waals surface area contributed by atoms with Crippen LogP contribution >= 0.6 is 0 Å². The van der Waals surface area contributed by atoms with Crippen molar-refractivity contribution in [1.82, 2.24) is 4.98 Å². The van der Waals surface area contributed by atoms with Crippen molar-refractivity contribution < 1.29 is 17.9 Å². The second-order valence-corrected chi connectivity index (χ2v) is 10.0. The fourth-order valence-electron chi connectivity index (χ4n) is 5.12. The number of aromatic nitrogens is 1. The summed E-state index contributed by atoms with van der Waals surface area (Å²) in [6.45, 7) is 0.543. The Morgan fingerprint density at radius 2 is 1.36 bits per heavy atom. The van der Waals surface area contributed by atoms with Gasteiger partial charge in [0.15, 0.2) is 0 Å². The standard InChI is InChI=1S/C36H27F3N2O/c37-36(38,39)33-19-9-18-32-34(28(24-41-35(32)33)20-25-10-3-1-4-11-25)27-13-8-14-29(22-27)40-23-26-12-7-17-31(21-26)42-30-15-5-2-6-16-30/h1-19,21-22,24,40H,20,23H2. The van der Waals surface area contributed by atoms with E-state index in [0.29, 0.717) is 18.4 Å². The highest BCUT2D eigenvalue weighted by Crippen LogP contribution is 2.39. The highest BCUT2D eigenvalue weighted by molar-refractivity contribution is 5.98. The maximum absolute atomic E-state index is 13.9. The molecule has 0 amide bonds. The first kappa shape index (κ1) is 27.1. The first-order valence-electron chi connectivity index (χ1n) is 13.6. The quantitative estimate of drug-likeness (QED) is 0.201. The molecule has 0 saturated carbocycles. The number of hydrogen-bond acceptors (Lipinski definition) is 3. The van der Waals surface area contributed by atoms with E-state index in [1.165, 1.54) is 6.07 Å². The zero-order valence-corrected chi connectivity index (χ0v) is 22.6. The van der Waals surface area contributed by atoms with Gasteiger partial charge in [-0.3, -0.25) is 4.98 Å². The number of halogens is 3. The molecule has 6 heteroatoms. The number of rotatable bonds is 8. The van der Waals surface area contributed by atoms with Gasteiger partial charge < -0.3 is 10.1 Å². The number of pyridine rings is 1. The number of nitrogens with one attached hydrogen (secondary N) is 1. The minimum atomic E-state index is -4.51. The average Bonchev–Trinajstić information content (AvgIpc) is 3.00. The van der Waals surface area contributed by atoms with Crippen LogP contribution in [0.1, 0.15) is 22.3 Å². The molecule has 1 N–H and O–H groups in total. The van der Waals surface area contributed by atoms with Gasteiger partial charge in [-0.25, -0.2) is 0 Å². The molecule has 0 fully saturated rings. The van der Waals surface area contributed by atoms with Crippen LogP contribution in [0.2, 0.25) is 0 Å². The molecule has 208 valence electrons. The van der Waals surface area contributed by atoms with Crippen molar-refractivity contribution in [2.24, 2.45) is 0 Å². The normalized spacial score (nSPS) is 11.4. The minimum Gasteiger partial charge on any atom is -0.457 e. The predicted molar refractivity (Wildman–Crippen MR) is 162 cm³/mol. The van der Waals surface area contributed by atoms with E-state index in [1.807, 2.05) is 109 Å². The van der Waals surface area contributed by atoms with E-state index in [4.69, 9.17) is 4.74 Å². The number of ether oxygens (including phenoxy) is 1. The molecule has 0 aliphatic rings. The Morgan fingerprint density at radius 1 is 0.667 bits per heavy atom. The van der Waals surface area contributed by atoms with Gasteiger partial charge >= 0.3 is 6.18 Å². The van der Waals surface area contributed by atoms with Crippen LogP contribution in [0.4, 0.5) is 18.9 Å². The highest BCUT2D eigenvalue weighted by Gasteiger charge is 2.33. The molecule has 5 aromatic carbocycles. The Hall–Kier alpha value is -5.10. The molecule has 0 unspecified atom stereocenters. The van der Waals surface area contributed by atoms with Gasteiger partial charge in [-0.1, -0.05) is 84.9 Å². The van der Waals surface area contributed by atoms with E-state index in [0.717, 1.165) is 51.1 Å². The molecule has 3 nitrogen and oxygen atoms in total. The number of hydrogen-bond donors (Lipinski definition) is 1. The van der Waals surface area contributed by atoms with Crippen molar-refractivity contribution in [2.45, 2.75) is 19.1 Å². The van der Waals surface area contributed by atoms with Crippen molar-refractivity contribution in [3.05, 3.63) is 156 Å². The lowest BCUT2D eigenvalue weighted by Gasteiger charge is -2.17. The number of fused-ring (bicyclic) bond motifs is 1. The van der Waals surface area contributed by atoms with Gasteiger partial charge in [0.1, 0.15) is 11.5 Å². The van der Waals surface area contributed by atoms with Crippen molar-refractivity contribution in [2.75, 3.05) is 5.32 Å². The summed E-state index contributed by atoms with van der Waals surface area (Å²) in [6.07, 6.45) is -2.38. The molecule has 0 spiro atoms. The van der Waals surface area contributed by atoms with E-state index < -0.39 is 11.7 Å². The Bertz CT molecular complexity index is 1820. The van der Waals surface area contributed by atoms with Crippen LogP contribution in [-0.4, -0.2) is 4.98 Å². The van der Waals surface area contributed by atoms with Gasteiger partial charge in [0.25, 0.3) is 0 Å². The topological polar surface area (TPSA) is 34.1 Å². The van der Waals surface area contributed by atoms with E-state index in [-0.39, 0.29) is 5.52 Å². The van der Waals surface area contributed by atoms with Crippen LogP contribution in [0, 0.1) is 0 Å². The number of nitrogens with zero attached hydrogens (tertiary/aromatic N) is 1. The van der Waals surface area contributed by atoms with Crippen LogP contribution in [-0.2, 0) is 19.1 Å². The summed E-state index contributed by atoms with van der Waals surface area (Å²) in [7, 11) is 0. The van der Waals surface area contributed by atoms with Gasteiger partial charge in [-0.2, -0.15) is 13.2 Å². The lowest BCUT2D eigenvalue weighted by atomic mass is 9.91. The largest absolute Gasteiger partial charge is 0.457 e. The zero-order valence-electron chi connectivity index (χ0n) is 22.6. The zero-order chi connectivity index (χ0) is 28.9. The smallest absolute Gasteiger partial charge is 0.418 e. The van der Waals surface area contributed by atoms with Crippen LogP contribution in [0.25, 0.3) is 22.0 Å². The van der Waals surface area contributed by atoms with Gasteiger partial charge in [0, 0.05) is 23.8 Å². The number of benzene rings is 5. The first-order chi connectivity index (χ1) is 20.4. The van der Waals surface area contributed by atoms with Crippen LogP contribution < -0.4 is 10.1 Å². The van der Waals surface area contributed by atoms with Crippen molar-refractivity contribution in [1.29, 1.82) is 0 Å². The molecule has 0 radical (unpaired) electrons. The summed E-state index contributed by atoms with van der Waals surface area (Å²) < 4.78 is 47.7. The Morgan fingerprint density at radius 3 is 2.14 bits per heavy atom. The van der Waals surface area contributed by atoms with E-state index >= 15 is 0 Å². The molecule has 0 aliphatic carbocycles. The second kappa shape index (κ2) is 11.8. The fourth-order valence-corrected chi connectivity index (χ4v) is 5.12. The Kier molecular flexibility index (Phi) is 7.60. The molecule has 6 aromatic rings. The maximum Gasteiger partial charge on any atom is 0.418 e. The summed E-state index contributed by atoms with van der Waals surface area (Å²) in [5, 5.41) is 3.94. The van der Waals surface area contributed by atoms with Crippen LogP contribution in [0.15, 0.2) is 134 Å². The third-order valence-electron chi connectivity index (χ3n) is 7.04. The van der Waals surface area contributed by atoms with Gasteiger partial charge in [-0.05, 0) is 76.7 Å². The van der Waals surface area contributed by atoms with Crippen LogP contribution in [0.3, 0.4) is 0 Å². The summed E-state index contributed by atoms with van der Waals surface area (Å²) in [6, 6.07) is 39.4. The molecule has 1 aromatic heterocycles.